The zero-order chi connectivity index (χ0) is 25.8. The molecule has 7 nitrogen and oxygen atoms in total. The Morgan fingerprint density at radius 2 is 1.81 bits per heavy atom. The smallest absolute Gasteiger partial charge is 0.211 e. The number of rotatable bonds is 8. The molecule has 0 aliphatic carbocycles. The molecule has 0 amide bonds. The van der Waals surface area contributed by atoms with E-state index in [1.807, 2.05) is 60.7 Å². The Labute approximate surface area is 224 Å². The molecule has 0 atom stereocenters. The maximum atomic E-state index is 12.4. The van der Waals surface area contributed by atoms with Crippen molar-refractivity contribution in [3.8, 4) is 11.3 Å². The third-order valence-corrected chi connectivity index (χ3v) is 8.63. The first-order valence-electron chi connectivity index (χ1n) is 12.8. The fourth-order valence-electron chi connectivity index (χ4n) is 5.00. The van der Waals surface area contributed by atoms with Gasteiger partial charge in [0.1, 0.15) is 0 Å². The predicted octanol–water partition coefficient (Wildman–Crippen LogP) is 4.41. The van der Waals surface area contributed by atoms with Crippen LogP contribution in [0.4, 0.5) is 0 Å². The van der Waals surface area contributed by atoms with Crippen LogP contribution in [0.25, 0.3) is 23.4 Å². The van der Waals surface area contributed by atoms with E-state index in [1.165, 1.54) is 6.26 Å². The number of nitrogens with zero attached hydrogens (tertiary/aromatic N) is 4. The SMILES string of the molecule is CS(=O)(=O)N1CCc2c(c(-c3ccc(Cl)c(/C=C\c4ccccc4)c3)nn2CCCN2CCOCC2)C1. The second-order valence-corrected chi connectivity index (χ2v) is 12.0. The largest absolute Gasteiger partial charge is 0.379 e. The minimum absolute atomic E-state index is 0.338. The fourth-order valence-corrected chi connectivity index (χ4v) is 5.97. The monoisotopic (exact) mass is 540 g/mol. The van der Waals surface area contributed by atoms with E-state index in [-0.39, 0.29) is 0 Å². The molecule has 1 saturated heterocycles. The molecule has 2 aliphatic rings. The zero-order valence-corrected chi connectivity index (χ0v) is 22.7. The molecule has 0 spiro atoms. The van der Waals surface area contributed by atoms with Crippen LogP contribution >= 0.6 is 11.6 Å². The number of benzene rings is 2. The van der Waals surface area contributed by atoms with Crippen molar-refractivity contribution >= 4 is 33.8 Å². The molecular formula is C28H33ClN4O3S. The van der Waals surface area contributed by atoms with Crippen molar-refractivity contribution in [3.63, 3.8) is 0 Å². The molecule has 196 valence electrons. The molecule has 2 aliphatic heterocycles. The van der Waals surface area contributed by atoms with Gasteiger partial charge in [0.15, 0.2) is 0 Å². The highest BCUT2D eigenvalue weighted by Gasteiger charge is 2.29. The van der Waals surface area contributed by atoms with Crippen LogP contribution in [0.5, 0.6) is 0 Å². The number of sulfonamides is 1. The summed E-state index contributed by atoms with van der Waals surface area (Å²) in [6.07, 6.45) is 6.96. The molecule has 3 heterocycles. The Bertz CT molecular complexity index is 1370. The quantitative estimate of drug-likeness (QED) is 0.396. The summed E-state index contributed by atoms with van der Waals surface area (Å²) < 4.78 is 33.8. The van der Waals surface area contributed by atoms with Gasteiger partial charge < -0.3 is 4.74 Å². The molecular weight excluding hydrogens is 508 g/mol. The topological polar surface area (TPSA) is 67.7 Å². The number of hydrogen-bond donors (Lipinski definition) is 0. The maximum absolute atomic E-state index is 12.4. The van der Waals surface area contributed by atoms with E-state index in [4.69, 9.17) is 21.4 Å². The summed E-state index contributed by atoms with van der Waals surface area (Å²) in [6.45, 7) is 6.13. The first-order chi connectivity index (χ1) is 17.9. The normalized spacial score (nSPS) is 17.4. The Hall–Kier alpha value is -2.49. The summed E-state index contributed by atoms with van der Waals surface area (Å²) >= 11 is 6.55. The van der Waals surface area contributed by atoms with Gasteiger partial charge in [-0.15, -0.1) is 0 Å². The van der Waals surface area contributed by atoms with Crippen LogP contribution in [0.1, 0.15) is 28.8 Å². The van der Waals surface area contributed by atoms with Crippen molar-refractivity contribution in [2.45, 2.75) is 25.9 Å². The molecule has 0 bridgehead atoms. The van der Waals surface area contributed by atoms with Crippen LogP contribution in [0, 0.1) is 0 Å². The van der Waals surface area contributed by atoms with Gasteiger partial charge in [-0.2, -0.15) is 9.40 Å². The van der Waals surface area contributed by atoms with Crippen molar-refractivity contribution < 1.29 is 13.2 Å². The summed E-state index contributed by atoms with van der Waals surface area (Å²) in [6, 6.07) is 16.0. The first kappa shape index (κ1) is 26.1. The second kappa shape index (κ2) is 11.5. The zero-order valence-electron chi connectivity index (χ0n) is 21.1. The van der Waals surface area contributed by atoms with Crippen molar-refractivity contribution in [3.05, 3.63) is 75.9 Å². The summed E-state index contributed by atoms with van der Waals surface area (Å²) in [5.41, 5.74) is 5.89. The number of halogens is 1. The van der Waals surface area contributed by atoms with Gasteiger partial charge in [0, 0.05) is 67.5 Å². The Morgan fingerprint density at radius 3 is 2.57 bits per heavy atom. The molecule has 3 aromatic rings. The summed E-state index contributed by atoms with van der Waals surface area (Å²) in [5.74, 6) is 0. The van der Waals surface area contributed by atoms with Crippen molar-refractivity contribution in [2.24, 2.45) is 0 Å². The minimum atomic E-state index is -3.30. The van der Waals surface area contributed by atoms with Gasteiger partial charge in [-0.3, -0.25) is 9.58 Å². The van der Waals surface area contributed by atoms with Gasteiger partial charge in [0.05, 0.1) is 25.2 Å². The van der Waals surface area contributed by atoms with E-state index in [0.717, 1.165) is 79.5 Å². The maximum Gasteiger partial charge on any atom is 0.211 e. The molecule has 5 rings (SSSR count). The highest BCUT2D eigenvalue weighted by molar-refractivity contribution is 7.88. The van der Waals surface area contributed by atoms with E-state index in [9.17, 15) is 8.42 Å². The Morgan fingerprint density at radius 1 is 1.03 bits per heavy atom. The van der Waals surface area contributed by atoms with Gasteiger partial charge in [0.2, 0.25) is 10.0 Å². The van der Waals surface area contributed by atoms with Gasteiger partial charge in [0.25, 0.3) is 0 Å². The predicted molar refractivity (Wildman–Crippen MR) is 149 cm³/mol. The highest BCUT2D eigenvalue weighted by atomic mass is 35.5. The third-order valence-electron chi connectivity index (χ3n) is 7.04. The van der Waals surface area contributed by atoms with E-state index < -0.39 is 10.0 Å². The molecule has 9 heteroatoms. The number of aryl methyl sites for hydroxylation is 1. The highest BCUT2D eigenvalue weighted by Crippen LogP contribution is 2.33. The molecule has 0 unspecified atom stereocenters. The van der Waals surface area contributed by atoms with E-state index >= 15 is 0 Å². The van der Waals surface area contributed by atoms with E-state index in [0.29, 0.717) is 24.5 Å². The molecule has 0 radical (unpaired) electrons. The molecule has 37 heavy (non-hydrogen) atoms. The number of hydrogen-bond acceptors (Lipinski definition) is 5. The average Bonchev–Trinajstić information content (AvgIpc) is 3.27. The lowest BCUT2D eigenvalue weighted by Gasteiger charge is -2.27. The van der Waals surface area contributed by atoms with Gasteiger partial charge in [-0.05, 0) is 29.7 Å². The molecule has 0 saturated carbocycles. The van der Waals surface area contributed by atoms with Crippen LogP contribution in [0.3, 0.4) is 0 Å². The van der Waals surface area contributed by atoms with Crippen LogP contribution < -0.4 is 0 Å². The standard InChI is InChI=1S/C28H33ClN4O3S/c1-37(34,35)32-15-12-27-25(21-32)28(30-33(27)14-5-13-31-16-18-36-19-17-31)24-10-11-26(29)23(20-24)9-8-22-6-3-2-4-7-22/h2-4,6-11,20H,5,12-19,21H2,1H3/b9-8-. The lowest BCUT2D eigenvalue weighted by atomic mass is 10.00. The molecule has 1 fully saturated rings. The lowest BCUT2D eigenvalue weighted by Crippen LogP contribution is -2.37. The second-order valence-electron chi connectivity index (χ2n) is 9.63. The summed E-state index contributed by atoms with van der Waals surface area (Å²) in [5, 5.41) is 5.69. The number of aromatic nitrogens is 2. The van der Waals surface area contributed by atoms with E-state index in [1.54, 1.807) is 4.31 Å². The first-order valence-corrected chi connectivity index (χ1v) is 15.0. The molecule has 2 aromatic carbocycles. The van der Waals surface area contributed by atoms with Crippen LogP contribution in [-0.4, -0.2) is 73.1 Å². The van der Waals surface area contributed by atoms with Gasteiger partial charge in [-0.1, -0.05) is 60.2 Å². The third kappa shape index (κ3) is 6.33. The summed E-state index contributed by atoms with van der Waals surface area (Å²) in [4.78, 5) is 2.43. The van der Waals surface area contributed by atoms with Crippen molar-refractivity contribution in [1.82, 2.24) is 19.0 Å². The van der Waals surface area contributed by atoms with Crippen molar-refractivity contribution in [1.29, 1.82) is 0 Å². The Balaban J connectivity index is 1.44. The van der Waals surface area contributed by atoms with Crippen molar-refractivity contribution in [2.75, 3.05) is 45.6 Å². The molecule has 1 aromatic heterocycles. The van der Waals surface area contributed by atoms with Crippen LogP contribution in [-0.2, 0) is 34.3 Å². The average molecular weight is 541 g/mol. The van der Waals surface area contributed by atoms with Crippen LogP contribution in [0.2, 0.25) is 5.02 Å². The summed E-state index contributed by atoms with van der Waals surface area (Å²) in [7, 11) is -3.30. The fraction of sp³-hybridized carbons (Fsp3) is 0.393. The van der Waals surface area contributed by atoms with Gasteiger partial charge >= 0.3 is 0 Å². The number of fused-ring (bicyclic) bond motifs is 1. The Kier molecular flexibility index (Phi) is 8.12. The lowest BCUT2D eigenvalue weighted by molar-refractivity contribution is 0.0368. The molecule has 0 N–H and O–H groups in total. The minimum Gasteiger partial charge on any atom is -0.379 e. The van der Waals surface area contributed by atoms with Crippen LogP contribution in [0.15, 0.2) is 48.5 Å². The van der Waals surface area contributed by atoms with Gasteiger partial charge in [-0.25, -0.2) is 8.42 Å². The number of ether oxygens (including phenoxy) is 1. The van der Waals surface area contributed by atoms with E-state index in [2.05, 4.69) is 9.58 Å². The number of morpholine rings is 1.